The van der Waals surface area contributed by atoms with E-state index < -0.39 is 10.2 Å². The van der Waals surface area contributed by atoms with Gasteiger partial charge in [-0.1, -0.05) is 30.3 Å². The van der Waals surface area contributed by atoms with Crippen LogP contribution in [0.5, 0.6) is 0 Å². The highest BCUT2D eigenvalue weighted by Gasteiger charge is 2.18. The predicted octanol–water partition coefficient (Wildman–Crippen LogP) is 2.94. The van der Waals surface area contributed by atoms with Gasteiger partial charge >= 0.3 is 10.2 Å². The largest absolute Gasteiger partial charge is 0.301 e. The van der Waals surface area contributed by atoms with Gasteiger partial charge in [-0.25, -0.2) is 4.98 Å². The highest BCUT2D eigenvalue weighted by molar-refractivity contribution is 9.10. The van der Waals surface area contributed by atoms with Crippen LogP contribution in [0.2, 0.25) is 0 Å². The second-order valence-electron chi connectivity index (χ2n) is 4.68. The average molecular weight is 370 g/mol. The van der Waals surface area contributed by atoms with Crippen LogP contribution < -0.4 is 4.72 Å². The Morgan fingerprint density at radius 3 is 2.57 bits per heavy atom. The summed E-state index contributed by atoms with van der Waals surface area (Å²) in [6.07, 6.45) is 1.48. The zero-order valence-electron chi connectivity index (χ0n) is 11.7. The molecule has 1 N–H and O–H groups in total. The Balaban J connectivity index is 2.12. The summed E-state index contributed by atoms with van der Waals surface area (Å²) in [5.74, 6) is 0. The molecule has 1 aromatic carbocycles. The maximum atomic E-state index is 12.3. The number of pyridine rings is 1. The van der Waals surface area contributed by atoms with E-state index in [9.17, 15) is 8.42 Å². The van der Waals surface area contributed by atoms with Gasteiger partial charge in [0.05, 0.1) is 11.9 Å². The van der Waals surface area contributed by atoms with Gasteiger partial charge in [0.2, 0.25) is 0 Å². The van der Waals surface area contributed by atoms with E-state index in [2.05, 4.69) is 25.6 Å². The molecule has 0 saturated carbocycles. The zero-order chi connectivity index (χ0) is 15.5. The third-order valence-electron chi connectivity index (χ3n) is 2.92. The van der Waals surface area contributed by atoms with Crippen LogP contribution in [0.15, 0.2) is 47.2 Å². The van der Waals surface area contributed by atoms with Gasteiger partial charge in [-0.2, -0.15) is 12.7 Å². The Hall–Kier alpha value is -1.44. The molecular weight excluding hydrogens is 354 g/mol. The van der Waals surface area contributed by atoms with Crippen molar-refractivity contribution in [2.24, 2.45) is 0 Å². The minimum atomic E-state index is -3.61. The third kappa shape index (κ3) is 4.26. The smallest absolute Gasteiger partial charge is 0.269 e. The van der Waals surface area contributed by atoms with Crippen LogP contribution in [0.3, 0.4) is 0 Å². The second kappa shape index (κ2) is 6.55. The molecule has 0 spiro atoms. The topological polar surface area (TPSA) is 62.3 Å². The normalized spacial score (nSPS) is 11.6. The summed E-state index contributed by atoms with van der Waals surface area (Å²) in [5.41, 5.74) is 2.23. The lowest BCUT2D eigenvalue weighted by atomic mass is 10.2. The van der Waals surface area contributed by atoms with Gasteiger partial charge in [0.25, 0.3) is 0 Å². The number of benzene rings is 1. The summed E-state index contributed by atoms with van der Waals surface area (Å²) in [5, 5.41) is 0. The average Bonchev–Trinajstić information content (AvgIpc) is 2.43. The number of hydrogen-bond acceptors (Lipinski definition) is 3. The predicted molar refractivity (Wildman–Crippen MR) is 87.1 cm³/mol. The van der Waals surface area contributed by atoms with Crippen LogP contribution in [0, 0.1) is 6.92 Å². The molecule has 2 rings (SSSR count). The lowest BCUT2D eigenvalue weighted by Crippen LogP contribution is -2.32. The van der Waals surface area contributed by atoms with E-state index in [0.29, 0.717) is 16.8 Å². The van der Waals surface area contributed by atoms with Crippen LogP contribution in [0.25, 0.3) is 0 Å². The number of hydrogen-bond donors (Lipinski definition) is 1. The quantitative estimate of drug-likeness (QED) is 0.824. The fourth-order valence-corrected chi connectivity index (χ4v) is 2.87. The van der Waals surface area contributed by atoms with Gasteiger partial charge in [-0.3, -0.25) is 4.72 Å². The molecule has 0 aliphatic rings. The van der Waals surface area contributed by atoms with Crippen molar-refractivity contribution in [1.82, 2.24) is 9.29 Å². The monoisotopic (exact) mass is 369 g/mol. The highest BCUT2D eigenvalue weighted by atomic mass is 79.9. The third-order valence-corrected chi connectivity index (χ3v) is 5.19. The molecule has 21 heavy (non-hydrogen) atoms. The molecule has 0 aliphatic heterocycles. The molecular formula is C14H16BrN3O2S. The summed E-state index contributed by atoms with van der Waals surface area (Å²) < 4.78 is 29.0. The molecule has 1 aromatic heterocycles. The van der Waals surface area contributed by atoms with Gasteiger partial charge in [0.15, 0.2) is 0 Å². The van der Waals surface area contributed by atoms with Crippen molar-refractivity contribution in [3.8, 4) is 0 Å². The van der Waals surface area contributed by atoms with Crippen molar-refractivity contribution < 1.29 is 8.42 Å². The molecule has 1 heterocycles. The Morgan fingerprint density at radius 1 is 1.29 bits per heavy atom. The highest BCUT2D eigenvalue weighted by Crippen LogP contribution is 2.18. The molecule has 0 bridgehead atoms. The van der Waals surface area contributed by atoms with Gasteiger partial charge < -0.3 is 0 Å². The number of halogens is 1. The molecule has 0 amide bonds. The minimum absolute atomic E-state index is 0.305. The Labute approximate surface area is 133 Å². The van der Waals surface area contributed by atoms with E-state index >= 15 is 0 Å². The maximum absolute atomic E-state index is 12.3. The summed E-state index contributed by atoms with van der Waals surface area (Å²) in [6, 6.07) is 11.2. The van der Waals surface area contributed by atoms with E-state index in [0.717, 1.165) is 11.1 Å². The van der Waals surface area contributed by atoms with Crippen LogP contribution >= 0.6 is 15.9 Å². The van der Waals surface area contributed by atoms with Crippen molar-refractivity contribution in [3.63, 3.8) is 0 Å². The molecule has 0 saturated heterocycles. The van der Waals surface area contributed by atoms with Crippen molar-refractivity contribution in [3.05, 3.63) is 58.3 Å². The van der Waals surface area contributed by atoms with Gasteiger partial charge in [0, 0.05) is 13.6 Å². The SMILES string of the molecule is Cc1cc(NS(=O)(=O)N(C)Cc2ccccc2)cnc1Br. The first-order chi connectivity index (χ1) is 9.88. The first-order valence-corrected chi connectivity index (χ1v) is 8.52. The van der Waals surface area contributed by atoms with Crippen LogP contribution in [-0.4, -0.2) is 24.8 Å². The Morgan fingerprint density at radius 2 is 1.95 bits per heavy atom. The molecule has 0 radical (unpaired) electrons. The van der Waals surface area contributed by atoms with Crippen molar-refractivity contribution in [2.45, 2.75) is 13.5 Å². The molecule has 5 nitrogen and oxygen atoms in total. The summed E-state index contributed by atoms with van der Waals surface area (Å²) in [7, 11) is -2.08. The van der Waals surface area contributed by atoms with E-state index in [1.54, 1.807) is 6.07 Å². The van der Waals surface area contributed by atoms with Gasteiger partial charge in [-0.05, 0) is 40.0 Å². The fraction of sp³-hybridized carbons (Fsp3) is 0.214. The number of nitrogens with zero attached hydrogens (tertiary/aromatic N) is 2. The van der Waals surface area contributed by atoms with Gasteiger partial charge in [0.1, 0.15) is 4.60 Å². The van der Waals surface area contributed by atoms with Crippen molar-refractivity contribution >= 4 is 31.8 Å². The minimum Gasteiger partial charge on any atom is -0.269 e. The Kier molecular flexibility index (Phi) is 4.97. The number of aromatic nitrogens is 1. The second-order valence-corrected chi connectivity index (χ2v) is 7.21. The Bertz CT molecular complexity index is 720. The number of anilines is 1. The first kappa shape index (κ1) is 15.9. The van der Waals surface area contributed by atoms with Crippen LogP contribution in [0.4, 0.5) is 5.69 Å². The van der Waals surface area contributed by atoms with E-state index in [1.165, 1.54) is 17.5 Å². The summed E-state index contributed by atoms with van der Waals surface area (Å²) >= 11 is 3.28. The van der Waals surface area contributed by atoms with E-state index in [-0.39, 0.29) is 0 Å². The van der Waals surface area contributed by atoms with E-state index in [1.807, 2.05) is 37.3 Å². The van der Waals surface area contributed by atoms with E-state index in [4.69, 9.17) is 0 Å². The summed E-state index contributed by atoms with van der Waals surface area (Å²) in [6.45, 7) is 2.15. The molecule has 7 heteroatoms. The maximum Gasteiger partial charge on any atom is 0.301 e. The fourth-order valence-electron chi connectivity index (χ4n) is 1.77. The molecule has 0 atom stereocenters. The molecule has 2 aromatic rings. The number of aryl methyl sites for hydroxylation is 1. The number of rotatable bonds is 5. The lowest BCUT2D eigenvalue weighted by Gasteiger charge is -2.18. The number of nitrogens with one attached hydrogen (secondary N) is 1. The first-order valence-electron chi connectivity index (χ1n) is 6.28. The molecule has 0 aliphatic carbocycles. The standard InChI is InChI=1S/C14H16BrN3O2S/c1-11-8-13(9-16-14(11)15)17-21(19,20)18(2)10-12-6-4-3-5-7-12/h3-9,17H,10H2,1-2H3. The van der Waals surface area contributed by atoms with Crippen LogP contribution in [-0.2, 0) is 16.8 Å². The molecule has 112 valence electrons. The molecule has 0 unspecified atom stereocenters. The molecule has 0 fully saturated rings. The van der Waals surface area contributed by atoms with Crippen LogP contribution in [0.1, 0.15) is 11.1 Å². The van der Waals surface area contributed by atoms with Crippen molar-refractivity contribution in [2.75, 3.05) is 11.8 Å². The van der Waals surface area contributed by atoms with Gasteiger partial charge in [-0.15, -0.1) is 0 Å². The van der Waals surface area contributed by atoms with Crippen molar-refractivity contribution in [1.29, 1.82) is 0 Å². The lowest BCUT2D eigenvalue weighted by molar-refractivity contribution is 0.471. The summed E-state index contributed by atoms with van der Waals surface area (Å²) in [4.78, 5) is 4.08. The zero-order valence-corrected chi connectivity index (χ0v) is 14.1.